The molecule has 1 aliphatic rings. The average Bonchev–Trinajstić information content (AvgIpc) is 3.38. The molecule has 1 atom stereocenters. The predicted octanol–water partition coefficient (Wildman–Crippen LogP) is 4.26. The lowest BCUT2D eigenvalue weighted by atomic mass is 10.1. The van der Waals surface area contributed by atoms with E-state index in [0.717, 1.165) is 28.2 Å². The number of aromatic nitrogens is 2. The first-order valence-corrected chi connectivity index (χ1v) is 11.4. The summed E-state index contributed by atoms with van der Waals surface area (Å²) < 4.78 is 1.79. The van der Waals surface area contributed by atoms with E-state index in [-0.39, 0.29) is 11.8 Å². The quantitative estimate of drug-likeness (QED) is 0.666. The fraction of sp³-hybridized carbons (Fsp3) is 0.292. The standard InChI is InChI=1S/C24H26N4O2S/c1-15-9-10-19(11-17(15)3)26-23(29)22-13-31-14-27(22)24(30)20-12-25-28(18(20)4)21-8-6-5-7-16(21)2/h5-12,22H,13-14H2,1-4H3,(H,26,29). The number of benzene rings is 2. The molecule has 3 aromatic rings. The number of nitrogens with zero attached hydrogens (tertiary/aromatic N) is 3. The van der Waals surface area contributed by atoms with Gasteiger partial charge in [-0.05, 0) is 62.6 Å². The Morgan fingerprint density at radius 3 is 2.55 bits per heavy atom. The number of thioether (sulfide) groups is 1. The Kier molecular flexibility index (Phi) is 5.87. The van der Waals surface area contributed by atoms with Crippen LogP contribution in [0.1, 0.15) is 32.7 Å². The summed E-state index contributed by atoms with van der Waals surface area (Å²) in [7, 11) is 0. The summed E-state index contributed by atoms with van der Waals surface area (Å²) in [5.74, 6) is 0.736. The minimum absolute atomic E-state index is 0.162. The van der Waals surface area contributed by atoms with Crippen LogP contribution in [-0.4, -0.2) is 44.2 Å². The number of nitrogens with one attached hydrogen (secondary N) is 1. The molecule has 1 saturated heterocycles. The molecule has 160 valence electrons. The van der Waals surface area contributed by atoms with Crippen molar-refractivity contribution >= 4 is 29.3 Å². The van der Waals surface area contributed by atoms with Gasteiger partial charge in [-0.2, -0.15) is 5.10 Å². The first-order valence-electron chi connectivity index (χ1n) is 10.2. The molecular weight excluding hydrogens is 408 g/mol. The molecule has 0 saturated carbocycles. The molecule has 0 radical (unpaired) electrons. The number of carbonyl (C=O) groups excluding carboxylic acids is 2. The maximum atomic E-state index is 13.3. The molecule has 0 spiro atoms. The molecule has 31 heavy (non-hydrogen) atoms. The van der Waals surface area contributed by atoms with Gasteiger partial charge in [0.2, 0.25) is 5.91 Å². The molecule has 4 rings (SSSR count). The predicted molar refractivity (Wildman–Crippen MR) is 125 cm³/mol. The lowest BCUT2D eigenvalue weighted by Gasteiger charge is -2.23. The maximum absolute atomic E-state index is 13.3. The van der Waals surface area contributed by atoms with Crippen molar-refractivity contribution in [3.05, 3.63) is 76.6 Å². The molecule has 1 fully saturated rings. The Hall–Kier alpha value is -3.06. The molecule has 1 aromatic heterocycles. The number of para-hydroxylation sites is 1. The Morgan fingerprint density at radius 2 is 1.81 bits per heavy atom. The SMILES string of the molecule is Cc1ccc(NC(=O)C2CSCN2C(=O)c2cnn(-c3ccccc3C)c2C)cc1C. The summed E-state index contributed by atoms with van der Waals surface area (Å²) in [5.41, 5.74) is 6.35. The van der Waals surface area contributed by atoms with Crippen molar-refractivity contribution in [1.82, 2.24) is 14.7 Å². The van der Waals surface area contributed by atoms with Crippen LogP contribution in [-0.2, 0) is 4.79 Å². The van der Waals surface area contributed by atoms with Crippen LogP contribution in [0.5, 0.6) is 0 Å². The van der Waals surface area contributed by atoms with Crippen molar-refractivity contribution < 1.29 is 9.59 Å². The van der Waals surface area contributed by atoms with Crippen LogP contribution < -0.4 is 5.32 Å². The zero-order valence-electron chi connectivity index (χ0n) is 18.2. The highest BCUT2D eigenvalue weighted by atomic mass is 32.2. The summed E-state index contributed by atoms with van der Waals surface area (Å²) in [6.45, 7) is 7.96. The molecule has 1 N–H and O–H groups in total. The maximum Gasteiger partial charge on any atom is 0.258 e. The molecule has 1 aliphatic heterocycles. The van der Waals surface area contributed by atoms with Gasteiger partial charge in [-0.25, -0.2) is 4.68 Å². The number of aryl methyl sites for hydroxylation is 3. The summed E-state index contributed by atoms with van der Waals surface area (Å²) >= 11 is 1.59. The third kappa shape index (κ3) is 4.10. The molecule has 1 unspecified atom stereocenters. The van der Waals surface area contributed by atoms with Gasteiger partial charge in [-0.1, -0.05) is 24.3 Å². The Morgan fingerprint density at radius 1 is 1.03 bits per heavy atom. The van der Waals surface area contributed by atoms with Crippen molar-refractivity contribution in [3.63, 3.8) is 0 Å². The van der Waals surface area contributed by atoms with Crippen molar-refractivity contribution in [3.8, 4) is 5.69 Å². The number of rotatable bonds is 4. The second-order valence-corrected chi connectivity index (χ2v) is 8.92. The van der Waals surface area contributed by atoms with Crippen LogP contribution in [0.3, 0.4) is 0 Å². The van der Waals surface area contributed by atoms with Crippen LogP contribution in [0.15, 0.2) is 48.7 Å². The molecule has 6 nitrogen and oxygen atoms in total. The normalized spacial score (nSPS) is 15.9. The van der Waals surface area contributed by atoms with Gasteiger partial charge in [0.15, 0.2) is 0 Å². The molecule has 0 bridgehead atoms. The molecular formula is C24H26N4O2S. The number of hydrogen-bond acceptors (Lipinski definition) is 4. The smallest absolute Gasteiger partial charge is 0.258 e. The monoisotopic (exact) mass is 434 g/mol. The topological polar surface area (TPSA) is 67.2 Å². The summed E-state index contributed by atoms with van der Waals surface area (Å²) in [4.78, 5) is 28.0. The third-order valence-electron chi connectivity index (χ3n) is 5.80. The van der Waals surface area contributed by atoms with Gasteiger partial charge in [-0.3, -0.25) is 9.59 Å². The fourth-order valence-corrected chi connectivity index (χ4v) is 4.88. The second-order valence-electron chi connectivity index (χ2n) is 7.92. The van der Waals surface area contributed by atoms with Crippen LogP contribution in [0.2, 0.25) is 0 Å². The molecule has 2 aromatic carbocycles. The van der Waals surface area contributed by atoms with Gasteiger partial charge < -0.3 is 10.2 Å². The van der Waals surface area contributed by atoms with E-state index in [1.165, 1.54) is 5.56 Å². The van der Waals surface area contributed by atoms with E-state index in [1.807, 2.05) is 70.2 Å². The van der Waals surface area contributed by atoms with E-state index >= 15 is 0 Å². The van der Waals surface area contributed by atoms with E-state index in [1.54, 1.807) is 27.5 Å². The van der Waals surface area contributed by atoms with E-state index < -0.39 is 6.04 Å². The number of amides is 2. The highest BCUT2D eigenvalue weighted by Gasteiger charge is 2.36. The first kappa shape index (κ1) is 21.2. The van der Waals surface area contributed by atoms with Crippen LogP contribution in [0.25, 0.3) is 5.69 Å². The summed E-state index contributed by atoms with van der Waals surface area (Å²) in [6.07, 6.45) is 1.60. The molecule has 2 amide bonds. The second kappa shape index (κ2) is 8.59. The van der Waals surface area contributed by atoms with Gasteiger partial charge in [0.05, 0.1) is 29.0 Å². The van der Waals surface area contributed by atoms with Gasteiger partial charge in [-0.15, -0.1) is 11.8 Å². The molecule has 7 heteroatoms. The first-order chi connectivity index (χ1) is 14.9. The minimum atomic E-state index is -0.514. The molecule has 2 heterocycles. The zero-order valence-corrected chi connectivity index (χ0v) is 19.0. The Balaban J connectivity index is 1.55. The highest BCUT2D eigenvalue weighted by Crippen LogP contribution is 2.26. The number of hydrogen-bond donors (Lipinski definition) is 1. The summed E-state index contributed by atoms with van der Waals surface area (Å²) in [6, 6.07) is 13.3. The highest BCUT2D eigenvalue weighted by molar-refractivity contribution is 7.99. The lowest BCUT2D eigenvalue weighted by molar-refractivity contribution is -0.119. The Bertz CT molecular complexity index is 1150. The van der Waals surface area contributed by atoms with Crippen LogP contribution >= 0.6 is 11.8 Å². The largest absolute Gasteiger partial charge is 0.324 e. The van der Waals surface area contributed by atoms with E-state index in [2.05, 4.69) is 10.4 Å². The number of anilines is 1. The third-order valence-corrected chi connectivity index (χ3v) is 6.82. The average molecular weight is 435 g/mol. The fourth-order valence-electron chi connectivity index (χ4n) is 3.72. The van der Waals surface area contributed by atoms with Gasteiger partial charge >= 0.3 is 0 Å². The van der Waals surface area contributed by atoms with E-state index in [0.29, 0.717) is 17.2 Å². The van der Waals surface area contributed by atoms with Gasteiger partial charge in [0, 0.05) is 11.4 Å². The van der Waals surface area contributed by atoms with E-state index in [4.69, 9.17) is 0 Å². The summed E-state index contributed by atoms with van der Waals surface area (Å²) in [5, 5.41) is 7.43. The number of carbonyl (C=O) groups is 2. The minimum Gasteiger partial charge on any atom is -0.324 e. The van der Waals surface area contributed by atoms with Gasteiger partial charge in [0.1, 0.15) is 6.04 Å². The zero-order chi connectivity index (χ0) is 22.1. The van der Waals surface area contributed by atoms with Crippen LogP contribution in [0, 0.1) is 27.7 Å². The van der Waals surface area contributed by atoms with Gasteiger partial charge in [0.25, 0.3) is 5.91 Å². The molecule has 0 aliphatic carbocycles. The van der Waals surface area contributed by atoms with Crippen LogP contribution in [0.4, 0.5) is 5.69 Å². The van der Waals surface area contributed by atoms with Crippen molar-refractivity contribution in [2.75, 3.05) is 16.9 Å². The van der Waals surface area contributed by atoms with E-state index in [9.17, 15) is 9.59 Å². The Labute approximate surface area is 186 Å². The lowest BCUT2D eigenvalue weighted by Crippen LogP contribution is -2.44. The van der Waals surface area contributed by atoms with Crippen molar-refractivity contribution in [2.24, 2.45) is 0 Å². The van der Waals surface area contributed by atoms with Crippen molar-refractivity contribution in [2.45, 2.75) is 33.7 Å². The van der Waals surface area contributed by atoms with Crippen molar-refractivity contribution in [1.29, 1.82) is 0 Å².